The van der Waals surface area contributed by atoms with Crippen molar-refractivity contribution >= 4 is 25.7 Å². The zero-order chi connectivity index (χ0) is 15.1. The number of sulfonamides is 1. The lowest BCUT2D eigenvalue weighted by molar-refractivity contribution is 0.537. The number of nitrogens with zero attached hydrogens (tertiary/aromatic N) is 2. The summed E-state index contributed by atoms with van der Waals surface area (Å²) >= 11 is 0. The Kier molecular flexibility index (Phi) is 3.99. The van der Waals surface area contributed by atoms with Gasteiger partial charge in [-0.2, -0.15) is 5.10 Å². The number of nitrogen functional groups attached to an aromatic ring is 1. The van der Waals surface area contributed by atoms with Crippen molar-refractivity contribution in [3.8, 4) is 0 Å². The molecule has 0 saturated carbocycles. The van der Waals surface area contributed by atoms with E-state index in [4.69, 9.17) is 5.73 Å². The van der Waals surface area contributed by atoms with Gasteiger partial charge in [0.15, 0.2) is 15.7 Å². The first-order valence-electron chi connectivity index (χ1n) is 5.35. The highest BCUT2D eigenvalue weighted by molar-refractivity contribution is 7.92. The van der Waals surface area contributed by atoms with Gasteiger partial charge in [0, 0.05) is 26.0 Å². The molecule has 110 valence electrons. The van der Waals surface area contributed by atoms with Crippen LogP contribution in [0.15, 0.2) is 11.1 Å². The second-order valence-corrected chi connectivity index (χ2v) is 9.29. The molecule has 1 aromatic heterocycles. The largest absolute Gasteiger partial charge is 0.381 e. The van der Waals surface area contributed by atoms with Gasteiger partial charge in [-0.15, -0.1) is 0 Å². The first-order valence-corrected chi connectivity index (χ1v) is 8.73. The molecule has 0 amide bonds. The summed E-state index contributed by atoms with van der Waals surface area (Å²) in [5.74, 6) is -0.132. The quantitative estimate of drug-likeness (QED) is 0.726. The number of nitrogens with two attached hydrogens (primary N) is 1. The summed E-state index contributed by atoms with van der Waals surface area (Å²) in [5, 5.41) is 3.73. The lowest BCUT2D eigenvalue weighted by Gasteiger charge is -2.22. The van der Waals surface area contributed by atoms with Gasteiger partial charge in [0.1, 0.15) is 4.90 Å². The number of hydrogen-bond acceptors (Lipinski definition) is 6. The minimum atomic E-state index is -3.89. The summed E-state index contributed by atoms with van der Waals surface area (Å²) in [7, 11) is -5.74. The van der Waals surface area contributed by atoms with Gasteiger partial charge in [-0.1, -0.05) is 0 Å². The summed E-state index contributed by atoms with van der Waals surface area (Å²) in [4.78, 5) is -0.167. The van der Waals surface area contributed by atoms with Gasteiger partial charge in [-0.25, -0.2) is 21.6 Å². The lowest BCUT2D eigenvalue weighted by Crippen LogP contribution is -2.43. The van der Waals surface area contributed by atoms with E-state index in [0.717, 1.165) is 6.26 Å². The molecule has 0 radical (unpaired) electrons. The first-order chi connectivity index (χ1) is 8.37. The lowest BCUT2D eigenvalue weighted by atomic mass is 10.2. The van der Waals surface area contributed by atoms with Crippen molar-refractivity contribution in [2.45, 2.75) is 23.5 Å². The van der Waals surface area contributed by atoms with Crippen LogP contribution in [0.2, 0.25) is 0 Å². The number of aryl methyl sites for hydroxylation is 1. The summed E-state index contributed by atoms with van der Waals surface area (Å²) in [5.41, 5.74) is 5.48. The van der Waals surface area contributed by atoms with Crippen LogP contribution in [0.3, 0.4) is 0 Å². The molecular formula is C9H18N4O4S2. The molecule has 0 saturated heterocycles. The van der Waals surface area contributed by atoms with Gasteiger partial charge >= 0.3 is 0 Å². The summed E-state index contributed by atoms with van der Waals surface area (Å²) in [6.45, 7) is 2.64. The van der Waals surface area contributed by atoms with Crippen molar-refractivity contribution in [3.05, 3.63) is 6.20 Å². The zero-order valence-corrected chi connectivity index (χ0v) is 12.8. The van der Waals surface area contributed by atoms with Gasteiger partial charge < -0.3 is 5.73 Å². The van der Waals surface area contributed by atoms with Crippen LogP contribution in [0.1, 0.15) is 13.8 Å². The number of anilines is 1. The minimum Gasteiger partial charge on any atom is -0.381 e. The Morgan fingerprint density at radius 2 is 1.89 bits per heavy atom. The van der Waals surface area contributed by atoms with Gasteiger partial charge in [-0.3, -0.25) is 4.68 Å². The van der Waals surface area contributed by atoms with Gasteiger partial charge in [-0.05, 0) is 13.8 Å². The molecule has 19 heavy (non-hydrogen) atoms. The molecule has 1 heterocycles. The van der Waals surface area contributed by atoms with Crippen molar-refractivity contribution < 1.29 is 16.8 Å². The maximum absolute atomic E-state index is 12.0. The molecule has 0 aliphatic rings. The number of aromatic nitrogens is 2. The summed E-state index contributed by atoms with van der Waals surface area (Å²) in [6, 6.07) is 0. The fraction of sp³-hybridized carbons (Fsp3) is 0.667. The van der Waals surface area contributed by atoms with Gasteiger partial charge in [0.2, 0.25) is 10.0 Å². The highest BCUT2D eigenvalue weighted by atomic mass is 32.2. The van der Waals surface area contributed by atoms with Gasteiger partial charge in [0.25, 0.3) is 0 Å². The van der Waals surface area contributed by atoms with E-state index in [-0.39, 0.29) is 17.3 Å². The van der Waals surface area contributed by atoms with Crippen molar-refractivity contribution in [2.75, 3.05) is 18.5 Å². The maximum Gasteiger partial charge on any atom is 0.245 e. The average molecular weight is 310 g/mol. The Hall–Kier alpha value is -1.13. The first kappa shape index (κ1) is 15.9. The molecule has 8 nitrogen and oxygen atoms in total. The smallest absolute Gasteiger partial charge is 0.245 e. The third kappa shape index (κ3) is 3.45. The van der Waals surface area contributed by atoms with E-state index in [9.17, 15) is 16.8 Å². The zero-order valence-electron chi connectivity index (χ0n) is 11.2. The standard InChI is InChI=1S/C9H18N4O4S2/c1-9(2,18(4,14)15)6-11-19(16,17)7-5-13(3)12-8(7)10/h5,11H,6H2,1-4H3,(H2,10,12). The van der Waals surface area contributed by atoms with Crippen molar-refractivity contribution in [3.63, 3.8) is 0 Å². The van der Waals surface area contributed by atoms with E-state index in [0.29, 0.717) is 0 Å². The Labute approximate surface area is 113 Å². The Morgan fingerprint density at radius 3 is 2.26 bits per heavy atom. The van der Waals surface area contributed by atoms with Crippen LogP contribution >= 0.6 is 0 Å². The molecule has 1 rings (SSSR count). The second kappa shape index (κ2) is 4.76. The van der Waals surface area contributed by atoms with Crippen LogP contribution in [-0.4, -0.2) is 44.2 Å². The Balaban J connectivity index is 2.98. The van der Waals surface area contributed by atoms with E-state index in [1.807, 2.05) is 0 Å². The molecule has 0 aliphatic carbocycles. The van der Waals surface area contributed by atoms with Crippen LogP contribution in [-0.2, 0) is 26.9 Å². The van der Waals surface area contributed by atoms with E-state index in [1.54, 1.807) is 0 Å². The van der Waals surface area contributed by atoms with Crippen LogP contribution < -0.4 is 10.5 Å². The fourth-order valence-electron chi connectivity index (χ4n) is 1.17. The highest BCUT2D eigenvalue weighted by Gasteiger charge is 2.32. The Morgan fingerprint density at radius 1 is 1.37 bits per heavy atom. The summed E-state index contributed by atoms with van der Waals surface area (Å²) in [6.07, 6.45) is 2.31. The minimum absolute atomic E-state index is 0.132. The third-order valence-corrected chi connectivity index (χ3v) is 6.37. The predicted octanol–water partition coefficient (Wildman–Crippen LogP) is -0.896. The highest BCUT2D eigenvalue weighted by Crippen LogP contribution is 2.18. The fourth-order valence-corrected chi connectivity index (χ4v) is 2.91. The van der Waals surface area contributed by atoms with Gasteiger partial charge in [0.05, 0.1) is 4.75 Å². The van der Waals surface area contributed by atoms with E-state index >= 15 is 0 Å². The molecule has 0 fully saturated rings. The average Bonchev–Trinajstić information content (AvgIpc) is 2.54. The molecule has 0 bridgehead atoms. The molecule has 1 aromatic rings. The monoisotopic (exact) mass is 310 g/mol. The molecule has 0 aromatic carbocycles. The van der Waals surface area contributed by atoms with E-state index < -0.39 is 24.6 Å². The number of sulfone groups is 1. The molecule has 0 atom stereocenters. The molecule has 0 aliphatic heterocycles. The molecule has 0 unspecified atom stereocenters. The number of nitrogens with one attached hydrogen (secondary N) is 1. The van der Waals surface area contributed by atoms with Crippen molar-refractivity contribution in [2.24, 2.45) is 7.05 Å². The maximum atomic E-state index is 12.0. The molecule has 0 spiro atoms. The van der Waals surface area contributed by atoms with Crippen LogP contribution in [0, 0.1) is 0 Å². The normalized spacial score (nSPS) is 13.7. The van der Waals surface area contributed by atoms with Crippen molar-refractivity contribution in [1.82, 2.24) is 14.5 Å². The third-order valence-electron chi connectivity index (χ3n) is 2.80. The topological polar surface area (TPSA) is 124 Å². The number of hydrogen-bond donors (Lipinski definition) is 2. The molecule has 3 N–H and O–H groups in total. The van der Waals surface area contributed by atoms with Crippen LogP contribution in [0.5, 0.6) is 0 Å². The Bertz CT molecular complexity index is 673. The van der Waals surface area contributed by atoms with Crippen LogP contribution in [0.25, 0.3) is 0 Å². The number of rotatable bonds is 5. The predicted molar refractivity (Wildman–Crippen MR) is 71.7 cm³/mol. The SMILES string of the molecule is Cn1cc(S(=O)(=O)NCC(C)(C)S(C)(=O)=O)c(N)n1. The second-order valence-electron chi connectivity index (χ2n) is 4.91. The molecule has 10 heteroatoms. The van der Waals surface area contributed by atoms with E-state index in [1.165, 1.54) is 31.8 Å². The van der Waals surface area contributed by atoms with E-state index in [2.05, 4.69) is 9.82 Å². The van der Waals surface area contributed by atoms with Crippen molar-refractivity contribution in [1.29, 1.82) is 0 Å². The summed E-state index contributed by atoms with van der Waals surface area (Å²) < 4.78 is 49.3. The molecular weight excluding hydrogens is 292 g/mol. The van der Waals surface area contributed by atoms with Crippen LogP contribution in [0.4, 0.5) is 5.82 Å².